The van der Waals surface area contributed by atoms with E-state index in [0.717, 1.165) is 35.4 Å². The van der Waals surface area contributed by atoms with E-state index in [2.05, 4.69) is 4.90 Å². The van der Waals surface area contributed by atoms with Crippen molar-refractivity contribution in [1.29, 1.82) is 0 Å². The summed E-state index contributed by atoms with van der Waals surface area (Å²) in [6.07, 6.45) is -4.13. The molecule has 0 saturated carbocycles. The topological polar surface area (TPSA) is 93.1 Å². The number of methoxy groups -OCH3 is 1. The number of benzene rings is 3. The van der Waals surface area contributed by atoms with E-state index in [4.69, 9.17) is 24.0 Å². The Morgan fingerprint density at radius 1 is 0.978 bits per heavy atom. The average molecular weight is 639 g/mol. The van der Waals surface area contributed by atoms with E-state index in [1.165, 1.54) is 9.91 Å². The summed E-state index contributed by atoms with van der Waals surface area (Å²) in [5.74, 6) is 0.863. The molecule has 3 aromatic rings. The minimum absolute atomic E-state index is 0.0546. The van der Waals surface area contributed by atoms with E-state index >= 15 is 0 Å². The van der Waals surface area contributed by atoms with Gasteiger partial charge in [0.15, 0.2) is 11.5 Å². The maximum atomic E-state index is 14.1. The van der Waals surface area contributed by atoms with Crippen LogP contribution in [-0.2, 0) is 15.7 Å². The molecule has 10 nitrogen and oxygen atoms in total. The van der Waals surface area contributed by atoms with Crippen molar-refractivity contribution in [3.63, 3.8) is 0 Å². The van der Waals surface area contributed by atoms with Gasteiger partial charge in [0, 0.05) is 38.2 Å². The lowest BCUT2D eigenvalue weighted by atomic mass is 9.98. The second kappa shape index (κ2) is 13.4. The molecular formula is C33H33F3N4O6. The Kier molecular flexibility index (Phi) is 9.13. The molecule has 0 aromatic heterocycles. The molecule has 3 heterocycles. The number of rotatable bonds is 9. The molecule has 0 aliphatic carbocycles. The second-order valence-corrected chi connectivity index (χ2v) is 11.1. The standard InChI is InChI=1S/C33H33F3N4O6/c1-43-26-9-4-22(5-10-26)27-19-28(24-6-11-29-30(18-24)46-21-45-29)40(37-27)31(41)20-39(13-12-38-14-16-44-17-15-38)32(42)23-2-7-25(8-3-23)33(34,35)36/h2-11,18,28H,12-17,19-21H2,1H3/t28-/m0/s1. The Morgan fingerprint density at radius 3 is 2.39 bits per heavy atom. The third kappa shape index (κ3) is 6.95. The molecule has 1 fully saturated rings. The maximum Gasteiger partial charge on any atom is 0.416 e. The maximum absolute atomic E-state index is 14.1. The number of hydrazone groups is 1. The van der Waals surface area contributed by atoms with Crippen LogP contribution in [0.3, 0.4) is 0 Å². The molecule has 6 rings (SSSR count). The molecule has 3 aliphatic rings. The highest BCUT2D eigenvalue weighted by Crippen LogP contribution is 2.39. The van der Waals surface area contributed by atoms with Crippen molar-refractivity contribution < 1.29 is 41.7 Å². The van der Waals surface area contributed by atoms with Crippen molar-refractivity contribution in [2.45, 2.75) is 18.6 Å². The molecule has 0 spiro atoms. The Bertz CT molecular complexity index is 1590. The Hall–Kier alpha value is -4.62. The van der Waals surface area contributed by atoms with Gasteiger partial charge in [-0.2, -0.15) is 18.3 Å². The van der Waals surface area contributed by atoms with Gasteiger partial charge >= 0.3 is 6.18 Å². The van der Waals surface area contributed by atoms with E-state index in [0.29, 0.717) is 62.2 Å². The first-order chi connectivity index (χ1) is 22.2. The van der Waals surface area contributed by atoms with Gasteiger partial charge in [-0.05, 0) is 71.8 Å². The van der Waals surface area contributed by atoms with Gasteiger partial charge in [-0.1, -0.05) is 6.07 Å². The summed E-state index contributed by atoms with van der Waals surface area (Å²) in [6.45, 7) is 2.88. The zero-order valence-electron chi connectivity index (χ0n) is 25.2. The zero-order chi connectivity index (χ0) is 32.3. The van der Waals surface area contributed by atoms with Gasteiger partial charge in [0.25, 0.3) is 11.8 Å². The molecule has 242 valence electrons. The number of nitrogens with zero attached hydrogens (tertiary/aromatic N) is 4. The molecule has 3 aromatic carbocycles. The van der Waals surface area contributed by atoms with Gasteiger partial charge < -0.3 is 23.8 Å². The molecule has 0 radical (unpaired) electrons. The number of ether oxygens (including phenoxy) is 4. The molecule has 0 unspecified atom stereocenters. The summed E-state index contributed by atoms with van der Waals surface area (Å²) >= 11 is 0. The number of hydrogen-bond donors (Lipinski definition) is 0. The van der Waals surface area contributed by atoms with Crippen LogP contribution in [0.1, 0.15) is 39.5 Å². The monoisotopic (exact) mass is 638 g/mol. The number of fused-ring (bicyclic) bond motifs is 1. The van der Waals surface area contributed by atoms with E-state index < -0.39 is 29.6 Å². The first-order valence-electron chi connectivity index (χ1n) is 14.9. The quantitative estimate of drug-likeness (QED) is 0.339. The molecular weight excluding hydrogens is 605 g/mol. The largest absolute Gasteiger partial charge is 0.497 e. The summed E-state index contributed by atoms with van der Waals surface area (Å²) in [7, 11) is 1.58. The summed E-state index contributed by atoms with van der Waals surface area (Å²) in [6, 6.07) is 16.4. The highest BCUT2D eigenvalue weighted by atomic mass is 19.4. The first kappa shape index (κ1) is 31.4. The molecule has 46 heavy (non-hydrogen) atoms. The number of carbonyl (C=O) groups excluding carboxylic acids is 2. The fourth-order valence-electron chi connectivity index (χ4n) is 5.64. The van der Waals surface area contributed by atoms with Crippen molar-refractivity contribution in [2.75, 3.05) is 59.8 Å². The minimum Gasteiger partial charge on any atom is -0.497 e. The first-order valence-corrected chi connectivity index (χ1v) is 14.9. The summed E-state index contributed by atoms with van der Waals surface area (Å²) in [5, 5.41) is 6.12. The lowest BCUT2D eigenvalue weighted by molar-refractivity contribution is -0.137. The third-order valence-electron chi connectivity index (χ3n) is 8.23. The highest BCUT2D eigenvalue weighted by Gasteiger charge is 2.36. The van der Waals surface area contributed by atoms with E-state index in [9.17, 15) is 22.8 Å². The number of carbonyl (C=O) groups is 2. The van der Waals surface area contributed by atoms with Crippen LogP contribution in [0.4, 0.5) is 13.2 Å². The molecule has 13 heteroatoms. The number of morpholine rings is 1. The fraction of sp³-hybridized carbons (Fsp3) is 0.364. The normalized spacial score (nSPS) is 18.0. The minimum atomic E-state index is -4.54. The predicted octanol–water partition coefficient (Wildman–Crippen LogP) is 4.60. The van der Waals surface area contributed by atoms with Crippen molar-refractivity contribution >= 4 is 17.5 Å². The van der Waals surface area contributed by atoms with Crippen LogP contribution in [0.15, 0.2) is 71.8 Å². The number of alkyl halides is 3. The van der Waals surface area contributed by atoms with Crippen LogP contribution in [-0.4, -0.2) is 92.2 Å². The zero-order valence-corrected chi connectivity index (χ0v) is 25.2. The Morgan fingerprint density at radius 2 is 1.70 bits per heavy atom. The number of hydrogen-bond acceptors (Lipinski definition) is 8. The molecule has 1 atom stereocenters. The molecule has 0 N–H and O–H groups in total. The smallest absolute Gasteiger partial charge is 0.416 e. The van der Waals surface area contributed by atoms with Crippen molar-refractivity contribution in [2.24, 2.45) is 5.10 Å². The number of amides is 2. The van der Waals surface area contributed by atoms with Crippen LogP contribution < -0.4 is 14.2 Å². The predicted molar refractivity (Wildman–Crippen MR) is 161 cm³/mol. The van der Waals surface area contributed by atoms with Crippen LogP contribution in [0, 0.1) is 0 Å². The van der Waals surface area contributed by atoms with Gasteiger partial charge in [-0.15, -0.1) is 0 Å². The third-order valence-corrected chi connectivity index (χ3v) is 8.23. The molecule has 3 aliphatic heterocycles. The fourth-order valence-corrected chi connectivity index (χ4v) is 5.64. The van der Waals surface area contributed by atoms with E-state index in [1.54, 1.807) is 13.2 Å². The summed E-state index contributed by atoms with van der Waals surface area (Å²) in [4.78, 5) is 31.3. The van der Waals surface area contributed by atoms with Crippen molar-refractivity contribution in [3.8, 4) is 17.2 Å². The van der Waals surface area contributed by atoms with Gasteiger partial charge in [0.2, 0.25) is 6.79 Å². The van der Waals surface area contributed by atoms with Gasteiger partial charge in [-0.3, -0.25) is 14.5 Å². The van der Waals surface area contributed by atoms with Gasteiger partial charge in [0.1, 0.15) is 12.3 Å². The van der Waals surface area contributed by atoms with Crippen LogP contribution in [0.5, 0.6) is 17.2 Å². The van der Waals surface area contributed by atoms with Gasteiger partial charge in [-0.25, -0.2) is 5.01 Å². The Balaban J connectivity index is 1.28. The van der Waals surface area contributed by atoms with Crippen LogP contribution in [0.2, 0.25) is 0 Å². The second-order valence-electron chi connectivity index (χ2n) is 11.1. The molecule has 2 amide bonds. The van der Waals surface area contributed by atoms with Crippen LogP contribution >= 0.6 is 0 Å². The lowest BCUT2D eigenvalue weighted by Gasteiger charge is -2.31. The molecule has 0 bridgehead atoms. The SMILES string of the molecule is COc1ccc(C2=NN(C(=O)CN(CCN3CCOCC3)C(=O)c3ccc(C(F)(F)F)cc3)[C@H](c3ccc4c(c3)OCO4)C2)cc1. The molecule has 1 saturated heterocycles. The highest BCUT2D eigenvalue weighted by molar-refractivity contribution is 6.04. The number of halogens is 3. The van der Waals surface area contributed by atoms with Crippen molar-refractivity contribution in [1.82, 2.24) is 14.8 Å². The Labute approximate surface area is 263 Å². The van der Waals surface area contributed by atoms with Gasteiger partial charge in [0.05, 0.1) is 37.6 Å². The summed E-state index contributed by atoms with van der Waals surface area (Å²) in [5.41, 5.74) is 1.46. The van der Waals surface area contributed by atoms with E-state index in [1.807, 2.05) is 36.4 Å². The van der Waals surface area contributed by atoms with Crippen molar-refractivity contribution in [3.05, 3.63) is 89.0 Å². The van der Waals surface area contributed by atoms with E-state index in [-0.39, 0.29) is 25.4 Å². The summed E-state index contributed by atoms with van der Waals surface area (Å²) < 4.78 is 61.3. The average Bonchev–Trinajstić information content (AvgIpc) is 3.74. The lowest BCUT2D eigenvalue weighted by Crippen LogP contribution is -2.46. The van der Waals surface area contributed by atoms with Crippen LogP contribution in [0.25, 0.3) is 0 Å².